The number of benzene rings is 1. The number of nitrogens with one attached hydrogen (secondary N) is 1. The average molecular weight is 342 g/mol. The third-order valence-electron chi connectivity index (χ3n) is 2.35. The summed E-state index contributed by atoms with van der Waals surface area (Å²) < 4.78 is 49.5. The van der Waals surface area contributed by atoms with Crippen molar-refractivity contribution in [3.8, 4) is 0 Å². The van der Waals surface area contributed by atoms with Gasteiger partial charge in [-0.1, -0.05) is 15.9 Å². The lowest BCUT2D eigenvalue weighted by molar-refractivity contribution is -0.135. The van der Waals surface area contributed by atoms with Gasteiger partial charge in [0.15, 0.2) is 0 Å². The van der Waals surface area contributed by atoms with E-state index in [2.05, 4.69) is 21.2 Å². The first-order valence-electron chi connectivity index (χ1n) is 5.59. The number of alkyl halides is 3. The lowest BCUT2D eigenvalue weighted by atomic mass is 10.2. The van der Waals surface area contributed by atoms with Crippen molar-refractivity contribution in [3.63, 3.8) is 0 Å². The molecule has 0 aromatic heterocycles. The van der Waals surface area contributed by atoms with Gasteiger partial charge in [-0.25, -0.2) is 4.39 Å². The Labute approximate surface area is 116 Å². The van der Waals surface area contributed by atoms with Gasteiger partial charge in [0.1, 0.15) is 5.82 Å². The maximum atomic E-state index is 13.4. The molecule has 1 rings (SSSR count). The van der Waals surface area contributed by atoms with Gasteiger partial charge in [0.2, 0.25) is 0 Å². The molecule has 7 heteroatoms. The predicted molar refractivity (Wildman–Crippen MR) is 66.3 cm³/mol. The second kappa shape index (κ2) is 6.88. The first-order valence-corrected chi connectivity index (χ1v) is 6.39. The fourth-order valence-corrected chi connectivity index (χ4v) is 1.75. The minimum atomic E-state index is -4.18. The molecule has 2 nitrogen and oxygen atoms in total. The molecule has 0 heterocycles. The van der Waals surface area contributed by atoms with Crippen molar-refractivity contribution in [2.24, 2.45) is 0 Å². The van der Waals surface area contributed by atoms with E-state index in [0.29, 0.717) is 4.47 Å². The first kappa shape index (κ1) is 15.9. The molecule has 1 amide bonds. The summed E-state index contributed by atoms with van der Waals surface area (Å²) >= 11 is 3.06. The second-order valence-electron chi connectivity index (χ2n) is 3.95. The van der Waals surface area contributed by atoms with Crippen molar-refractivity contribution < 1.29 is 22.4 Å². The number of amides is 1. The fourth-order valence-electron chi connectivity index (χ4n) is 1.42. The summed E-state index contributed by atoms with van der Waals surface area (Å²) in [7, 11) is 0. The molecule has 1 aromatic carbocycles. The summed E-state index contributed by atoms with van der Waals surface area (Å²) in [5, 5.41) is 2.38. The van der Waals surface area contributed by atoms with Crippen LogP contribution in [0.5, 0.6) is 0 Å². The van der Waals surface area contributed by atoms with E-state index in [1.54, 1.807) is 0 Å². The fraction of sp³-hybridized carbons (Fsp3) is 0.417. The first-order chi connectivity index (χ1) is 8.79. The number of halogens is 5. The summed E-state index contributed by atoms with van der Waals surface area (Å²) in [6, 6.07) is 3.98. The topological polar surface area (TPSA) is 29.1 Å². The summed E-state index contributed by atoms with van der Waals surface area (Å²) in [6.07, 6.45) is -4.92. The molecule has 106 valence electrons. The highest BCUT2D eigenvalue weighted by atomic mass is 79.9. The Balaban J connectivity index is 2.36. The molecule has 19 heavy (non-hydrogen) atoms. The molecule has 0 saturated carbocycles. The van der Waals surface area contributed by atoms with Gasteiger partial charge in [0, 0.05) is 17.4 Å². The molecule has 1 N–H and O–H groups in total. The van der Waals surface area contributed by atoms with Crippen LogP contribution in [0, 0.1) is 5.82 Å². The van der Waals surface area contributed by atoms with Crippen LogP contribution in [0.4, 0.5) is 17.6 Å². The molecule has 0 unspecified atom stereocenters. The van der Waals surface area contributed by atoms with Gasteiger partial charge in [-0.15, -0.1) is 0 Å². The van der Waals surface area contributed by atoms with Crippen LogP contribution in [0.3, 0.4) is 0 Å². The molecular formula is C12H12BrF4NO. The molecule has 0 aliphatic rings. The zero-order valence-electron chi connectivity index (χ0n) is 9.86. The van der Waals surface area contributed by atoms with Crippen molar-refractivity contribution >= 4 is 21.8 Å². The van der Waals surface area contributed by atoms with Gasteiger partial charge in [0.25, 0.3) is 5.91 Å². The molecule has 0 fully saturated rings. The van der Waals surface area contributed by atoms with Crippen LogP contribution < -0.4 is 5.32 Å². The smallest absolute Gasteiger partial charge is 0.352 e. The SMILES string of the molecule is O=C(NCCCCC(F)(F)F)c1ccc(Br)cc1F. The summed E-state index contributed by atoms with van der Waals surface area (Å²) in [5.74, 6) is -1.31. The maximum Gasteiger partial charge on any atom is 0.389 e. The van der Waals surface area contributed by atoms with E-state index in [1.165, 1.54) is 12.1 Å². The van der Waals surface area contributed by atoms with Crippen LogP contribution >= 0.6 is 15.9 Å². The Hall–Kier alpha value is -1.11. The normalized spacial score (nSPS) is 11.4. The van der Waals surface area contributed by atoms with Crippen molar-refractivity contribution in [3.05, 3.63) is 34.1 Å². The molecule has 0 aliphatic carbocycles. The minimum Gasteiger partial charge on any atom is -0.352 e. The third-order valence-corrected chi connectivity index (χ3v) is 2.84. The molecule has 0 atom stereocenters. The highest BCUT2D eigenvalue weighted by molar-refractivity contribution is 9.10. The van der Waals surface area contributed by atoms with E-state index < -0.39 is 24.3 Å². The van der Waals surface area contributed by atoms with E-state index in [-0.39, 0.29) is 24.9 Å². The Morgan fingerprint density at radius 1 is 1.26 bits per heavy atom. The molecule has 1 aromatic rings. The van der Waals surface area contributed by atoms with Gasteiger partial charge in [-0.3, -0.25) is 4.79 Å². The number of carbonyl (C=O) groups excluding carboxylic acids is 1. The second-order valence-corrected chi connectivity index (χ2v) is 4.87. The van der Waals surface area contributed by atoms with Crippen LogP contribution in [0.25, 0.3) is 0 Å². The van der Waals surface area contributed by atoms with Crippen LogP contribution in [0.1, 0.15) is 29.6 Å². The van der Waals surface area contributed by atoms with Gasteiger partial charge in [0.05, 0.1) is 5.56 Å². The van der Waals surface area contributed by atoms with Gasteiger partial charge < -0.3 is 5.32 Å². The van der Waals surface area contributed by atoms with E-state index in [0.717, 1.165) is 6.07 Å². The van der Waals surface area contributed by atoms with E-state index in [9.17, 15) is 22.4 Å². The Morgan fingerprint density at radius 3 is 2.53 bits per heavy atom. The highest BCUT2D eigenvalue weighted by Gasteiger charge is 2.25. The molecule has 0 aliphatic heterocycles. The number of unbranched alkanes of at least 4 members (excludes halogenated alkanes) is 1. The van der Waals surface area contributed by atoms with Gasteiger partial charge in [-0.2, -0.15) is 13.2 Å². The zero-order valence-corrected chi connectivity index (χ0v) is 11.4. The van der Waals surface area contributed by atoms with Crippen molar-refractivity contribution in [2.45, 2.75) is 25.4 Å². The molecule has 0 radical (unpaired) electrons. The number of hydrogen-bond acceptors (Lipinski definition) is 1. The van der Waals surface area contributed by atoms with Crippen LogP contribution in [0.15, 0.2) is 22.7 Å². The third kappa shape index (κ3) is 6.04. The number of carbonyl (C=O) groups is 1. The zero-order chi connectivity index (χ0) is 14.5. The van der Waals surface area contributed by atoms with E-state index >= 15 is 0 Å². The predicted octanol–water partition coefficient (Wildman–Crippen LogP) is 4.05. The average Bonchev–Trinajstić information content (AvgIpc) is 2.26. The lowest BCUT2D eigenvalue weighted by Crippen LogP contribution is -2.25. The quantitative estimate of drug-likeness (QED) is 0.635. The standard InChI is InChI=1S/C12H12BrF4NO/c13-8-3-4-9(10(14)7-8)11(19)18-6-2-1-5-12(15,16)17/h3-4,7H,1-2,5-6H2,(H,18,19). The highest BCUT2D eigenvalue weighted by Crippen LogP contribution is 2.22. The van der Waals surface area contributed by atoms with Crippen LogP contribution in [0.2, 0.25) is 0 Å². The molecule has 0 spiro atoms. The molecule has 0 saturated heterocycles. The minimum absolute atomic E-state index is 0.0629. The van der Waals surface area contributed by atoms with Gasteiger partial charge >= 0.3 is 6.18 Å². The lowest BCUT2D eigenvalue weighted by Gasteiger charge is -2.08. The van der Waals surface area contributed by atoms with Crippen molar-refractivity contribution in [2.75, 3.05) is 6.54 Å². The Kier molecular flexibility index (Phi) is 5.78. The van der Waals surface area contributed by atoms with E-state index in [4.69, 9.17) is 0 Å². The largest absolute Gasteiger partial charge is 0.389 e. The Morgan fingerprint density at radius 2 is 1.95 bits per heavy atom. The summed E-state index contributed by atoms with van der Waals surface area (Å²) in [6.45, 7) is 0.0877. The van der Waals surface area contributed by atoms with Crippen LogP contribution in [-0.2, 0) is 0 Å². The van der Waals surface area contributed by atoms with Gasteiger partial charge in [-0.05, 0) is 31.0 Å². The summed E-state index contributed by atoms with van der Waals surface area (Å²) in [4.78, 5) is 11.5. The van der Waals surface area contributed by atoms with E-state index in [1.807, 2.05) is 0 Å². The monoisotopic (exact) mass is 341 g/mol. The van der Waals surface area contributed by atoms with Crippen LogP contribution in [-0.4, -0.2) is 18.6 Å². The molecule has 0 bridgehead atoms. The van der Waals surface area contributed by atoms with Crippen molar-refractivity contribution in [1.29, 1.82) is 0 Å². The van der Waals surface area contributed by atoms with Crippen molar-refractivity contribution in [1.82, 2.24) is 5.32 Å². The number of rotatable bonds is 5. The number of hydrogen-bond donors (Lipinski definition) is 1. The maximum absolute atomic E-state index is 13.4. The molecular weight excluding hydrogens is 330 g/mol. The summed E-state index contributed by atoms with van der Waals surface area (Å²) in [5.41, 5.74) is -0.126. The Bertz CT molecular complexity index is 448.